The highest BCUT2D eigenvalue weighted by Crippen LogP contribution is 2.36. The number of anilines is 2. The lowest BCUT2D eigenvalue weighted by Crippen LogP contribution is -2.14. The molecule has 6 rings (SSSR count). The highest BCUT2D eigenvalue weighted by Gasteiger charge is 2.25. The Morgan fingerprint density at radius 3 is 2.79 bits per heavy atom. The van der Waals surface area contributed by atoms with Gasteiger partial charge >= 0.3 is 0 Å². The molecule has 0 saturated heterocycles. The van der Waals surface area contributed by atoms with Crippen LogP contribution in [0.15, 0.2) is 61.1 Å². The molecule has 0 unspecified atom stereocenters. The van der Waals surface area contributed by atoms with E-state index in [1.165, 1.54) is 17.6 Å². The first kappa shape index (κ1) is 19.5. The fourth-order valence-electron chi connectivity index (χ4n) is 5.00. The smallest absolute Gasteiger partial charge is 0.228 e. The zero-order valence-electron chi connectivity index (χ0n) is 18.4. The van der Waals surface area contributed by atoms with Crippen molar-refractivity contribution in [3.05, 3.63) is 77.9 Å². The molecular formula is C26H24N6O. The average molecular weight is 437 g/mol. The van der Waals surface area contributed by atoms with Gasteiger partial charge in [-0.2, -0.15) is 0 Å². The van der Waals surface area contributed by atoms with Gasteiger partial charge in [0.25, 0.3) is 0 Å². The van der Waals surface area contributed by atoms with Crippen LogP contribution in [0.2, 0.25) is 0 Å². The second kappa shape index (κ2) is 7.48. The van der Waals surface area contributed by atoms with Crippen molar-refractivity contribution < 1.29 is 4.79 Å². The molecule has 0 bridgehead atoms. The fourth-order valence-corrected chi connectivity index (χ4v) is 5.00. The minimum absolute atomic E-state index is 0.0389. The quantitative estimate of drug-likeness (QED) is 0.443. The number of rotatable bonds is 4. The molecule has 3 aromatic heterocycles. The first-order valence-electron chi connectivity index (χ1n) is 11.2. The number of benzene rings is 2. The number of carbonyl (C=O) groups excluding carboxylic acids is 1. The van der Waals surface area contributed by atoms with Crippen molar-refractivity contribution in [1.29, 1.82) is 0 Å². The molecule has 5 aromatic rings. The number of carbonyl (C=O) groups is 1. The maximum absolute atomic E-state index is 12.7. The van der Waals surface area contributed by atoms with Crippen molar-refractivity contribution in [2.45, 2.75) is 25.7 Å². The highest BCUT2D eigenvalue weighted by atomic mass is 16.1. The summed E-state index contributed by atoms with van der Waals surface area (Å²) >= 11 is 0. The van der Waals surface area contributed by atoms with Crippen LogP contribution >= 0.6 is 0 Å². The largest absolute Gasteiger partial charge is 0.382 e. The molecule has 7 nitrogen and oxygen atoms in total. The summed E-state index contributed by atoms with van der Waals surface area (Å²) in [5, 5.41) is 4.12. The van der Waals surface area contributed by atoms with Crippen molar-refractivity contribution in [1.82, 2.24) is 19.1 Å². The van der Waals surface area contributed by atoms with Gasteiger partial charge in [-0.15, -0.1) is 0 Å². The zero-order chi connectivity index (χ0) is 22.5. The molecule has 7 heteroatoms. The van der Waals surface area contributed by atoms with Gasteiger partial charge in [0, 0.05) is 41.2 Å². The lowest BCUT2D eigenvalue weighted by Gasteiger charge is -2.11. The van der Waals surface area contributed by atoms with Crippen LogP contribution in [-0.4, -0.2) is 25.0 Å². The van der Waals surface area contributed by atoms with Crippen molar-refractivity contribution in [3.63, 3.8) is 0 Å². The second-order valence-corrected chi connectivity index (χ2v) is 8.66. The van der Waals surface area contributed by atoms with Gasteiger partial charge in [0.05, 0.1) is 11.9 Å². The summed E-state index contributed by atoms with van der Waals surface area (Å²) < 4.78 is 4.25. The summed E-state index contributed by atoms with van der Waals surface area (Å²) in [5.74, 6) is 0.455. The maximum Gasteiger partial charge on any atom is 0.228 e. The van der Waals surface area contributed by atoms with E-state index in [9.17, 15) is 4.79 Å². The molecule has 0 aliphatic heterocycles. The van der Waals surface area contributed by atoms with Crippen molar-refractivity contribution in [2.75, 3.05) is 11.1 Å². The van der Waals surface area contributed by atoms with Crippen LogP contribution in [0.5, 0.6) is 0 Å². The Morgan fingerprint density at radius 2 is 1.94 bits per heavy atom. The third kappa shape index (κ3) is 3.24. The van der Waals surface area contributed by atoms with E-state index < -0.39 is 0 Å². The number of hydrogen-bond donors (Lipinski definition) is 2. The number of aryl methyl sites for hydroxylation is 2. The van der Waals surface area contributed by atoms with Crippen LogP contribution in [0.1, 0.15) is 23.2 Å². The van der Waals surface area contributed by atoms with E-state index in [1.54, 1.807) is 0 Å². The Morgan fingerprint density at radius 1 is 1.09 bits per heavy atom. The number of nitrogens with zero attached hydrogens (tertiary/aromatic N) is 4. The topological polar surface area (TPSA) is 90.8 Å². The molecule has 1 aliphatic rings. The lowest BCUT2D eigenvalue weighted by molar-refractivity contribution is -0.115. The number of nitrogen functional groups attached to an aromatic ring is 1. The summed E-state index contributed by atoms with van der Waals surface area (Å²) in [6.45, 7) is 0. The summed E-state index contributed by atoms with van der Waals surface area (Å²) in [7, 11) is 2.01. The van der Waals surface area contributed by atoms with E-state index in [1.807, 2.05) is 61.8 Å². The van der Waals surface area contributed by atoms with E-state index in [2.05, 4.69) is 24.4 Å². The standard InChI is InChI=1S/C26H24N6O/c1-31-12-11-17-14-18(7-10-21(17)31)30-23(33)13-16-5-8-19(9-6-16)32-22-4-2-3-20(22)24-25(32)26(27)29-15-28-24/h5-12,14-15H,2-4,13H2,1H3,(H,30,33)(H2,27,28,29). The first-order valence-corrected chi connectivity index (χ1v) is 11.2. The van der Waals surface area contributed by atoms with Gasteiger partial charge in [-0.25, -0.2) is 9.97 Å². The van der Waals surface area contributed by atoms with Gasteiger partial charge in [0.1, 0.15) is 11.8 Å². The molecule has 0 saturated carbocycles. The molecule has 1 amide bonds. The summed E-state index contributed by atoms with van der Waals surface area (Å²) in [6, 6.07) is 16.1. The van der Waals surface area contributed by atoms with Gasteiger partial charge in [-0.1, -0.05) is 12.1 Å². The monoisotopic (exact) mass is 436 g/mol. The Bertz CT molecular complexity index is 1530. The molecule has 3 heterocycles. The van der Waals surface area contributed by atoms with Crippen LogP contribution in [0.4, 0.5) is 11.5 Å². The van der Waals surface area contributed by atoms with E-state index in [0.717, 1.165) is 58.1 Å². The normalized spacial score (nSPS) is 13.0. The Kier molecular flexibility index (Phi) is 4.43. The molecular weight excluding hydrogens is 412 g/mol. The number of nitrogens with two attached hydrogens (primary N) is 1. The average Bonchev–Trinajstić information content (AvgIpc) is 3.50. The van der Waals surface area contributed by atoms with Gasteiger partial charge in [-0.3, -0.25) is 4.79 Å². The van der Waals surface area contributed by atoms with E-state index in [-0.39, 0.29) is 5.91 Å². The van der Waals surface area contributed by atoms with Crippen LogP contribution in [0, 0.1) is 0 Å². The molecule has 0 fully saturated rings. The lowest BCUT2D eigenvalue weighted by atomic mass is 10.1. The minimum Gasteiger partial charge on any atom is -0.382 e. The van der Waals surface area contributed by atoms with E-state index in [0.29, 0.717) is 12.2 Å². The highest BCUT2D eigenvalue weighted by molar-refractivity contribution is 5.95. The first-order chi connectivity index (χ1) is 16.1. The number of hydrogen-bond acceptors (Lipinski definition) is 4. The minimum atomic E-state index is -0.0389. The SMILES string of the molecule is Cn1ccc2cc(NC(=O)Cc3ccc(-n4c5c(c6ncnc(N)c64)CCC5)cc3)ccc21. The van der Waals surface area contributed by atoms with Crippen LogP contribution in [0.25, 0.3) is 27.6 Å². The third-order valence-electron chi connectivity index (χ3n) is 6.55. The van der Waals surface area contributed by atoms with Gasteiger partial charge in [0.2, 0.25) is 5.91 Å². The molecule has 1 aliphatic carbocycles. The Labute approximate surface area is 190 Å². The molecule has 0 spiro atoms. The van der Waals surface area contributed by atoms with Crippen LogP contribution < -0.4 is 11.1 Å². The number of amides is 1. The Balaban J connectivity index is 1.24. The zero-order valence-corrected chi connectivity index (χ0v) is 18.4. The molecule has 164 valence electrons. The predicted octanol–water partition coefficient (Wildman–Crippen LogP) is 4.16. The Hall–Kier alpha value is -4.13. The van der Waals surface area contributed by atoms with Gasteiger partial charge in [-0.05, 0) is 66.8 Å². The molecule has 2 aromatic carbocycles. The number of nitrogens with one attached hydrogen (secondary N) is 1. The summed E-state index contributed by atoms with van der Waals surface area (Å²) in [6.07, 6.45) is 7.00. The van der Waals surface area contributed by atoms with E-state index in [4.69, 9.17) is 5.73 Å². The predicted molar refractivity (Wildman–Crippen MR) is 131 cm³/mol. The fraction of sp³-hybridized carbons (Fsp3) is 0.192. The van der Waals surface area contributed by atoms with Crippen molar-refractivity contribution in [3.8, 4) is 5.69 Å². The molecule has 0 radical (unpaired) electrons. The van der Waals surface area contributed by atoms with Crippen LogP contribution in [0.3, 0.4) is 0 Å². The van der Waals surface area contributed by atoms with Gasteiger partial charge < -0.3 is 20.2 Å². The van der Waals surface area contributed by atoms with Crippen LogP contribution in [-0.2, 0) is 31.1 Å². The van der Waals surface area contributed by atoms with Gasteiger partial charge in [0.15, 0.2) is 5.82 Å². The maximum atomic E-state index is 12.7. The van der Waals surface area contributed by atoms with Crippen molar-refractivity contribution in [2.24, 2.45) is 7.05 Å². The summed E-state index contributed by atoms with van der Waals surface area (Å²) in [5.41, 5.74) is 14.5. The number of fused-ring (bicyclic) bond motifs is 4. The molecule has 33 heavy (non-hydrogen) atoms. The third-order valence-corrected chi connectivity index (χ3v) is 6.55. The molecule has 3 N–H and O–H groups in total. The molecule has 0 atom stereocenters. The second-order valence-electron chi connectivity index (χ2n) is 8.66. The summed E-state index contributed by atoms with van der Waals surface area (Å²) in [4.78, 5) is 21.4. The number of aromatic nitrogens is 4. The van der Waals surface area contributed by atoms with Crippen molar-refractivity contribution >= 4 is 39.3 Å². The van der Waals surface area contributed by atoms with E-state index >= 15 is 0 Å².